The Kier molecular flexibility index (Phi) is 7.40. The van der Waals surface area contributed by atoms with E-state index < -0.39 is 0 Å². The summed E-state index contributed by atoms with van der Waals surface area (Å²) in [4.78, 5) is 12.3. The summed E-state index contributed by atoms with van der Waals surface area (Å²) in [6.45, 7) is 10.8. The number of rotatable bonds is 6. The summed E-state index contributed by atoms with van der Waals surface area (Å²) in [5.41, 5.74) is 6.94. The number of carbonyl (C=O) groups excluding carboxylic acids is 1. The first-order valence-electron chi connectivity index (χ1n) is 7.25. The van der Waals surface area contributed by atoms with Crippen LogP contribution in [0.4, 0.5) is 0 Å². The van der Waals surface area contributed by atoms with Gasteiger partial charge in [-0.05, 0) is 31.2 Å². The van der Waals surface area contributed by atoms with Gasteiger partial charge in [0.1, 0.15) is 5.69 Å². The van der Waals surface area contributed by atoms with E-state index in [1.54, 1.807) is 4.68 Å². The van der Waals surface area contributed by atoms with Gasteiger partial charge in [-0.25, -0.2) is 0 Å². The SMILES string of the molecule is CC(C)CC(C)(CN)NC(=O)c1cc(C(C)C)n(C)n1.Cl. The molecule has 0 saturated carbocycles. The van der Waals surface area contributed by atoms with E-state index in [0.717, 1.165) is 12.1 Å². The lowest BCUT2D eigenvalue weighted by Gasteiger charge is -2.30. The lowest BCUT2D eigenvalue weighted by molar-refractivity contribution is 0.0892. The molecular formula is C15H29ClN4O. The summed E-state index contributed by atoms with van der Waals surface area (Å²) in [6, 6.07) is 1.85. The molecule has 3 N–H and O–H groups in total. The van der Waals surface area contributed by atoms with Gasteiger partial charge in [0.2, 0.25) is 0 Å². The molecule has 1 rings (SSSR count). The van der Waals surface area contributed by atoms with Crippen LogP contribution in [0.15, 0.2) is 6.07 Å². The second kappa shape index (κ2) is 7.80. The van der Waals surface area contributed by atoms with Gasteiger partial charge in [0.15, 0.2) is 0 Å². The fourth-order valence-corrected chi connectivity index (χ4v) is 2.56. The van der Waals surface area contributed by atoms with Crippen LogP contribution in [0.3, 0.4) is 0 Å². The highest BCUT2D eigenvalue weighted by Crippen LogP contribution is 2.18. The molecule has 6 heteroatoms. The Bertz CT molecular complexity index is 470. The Morgan fingerprint density at radius 3 is 2.38 bits per heavy atom. The summed E-state index contributed by atoms with van der Waals surface area (Å²) in [6.07, 6.45) is 0.846. The highest BCUT2D eigenvalue weighted by Gasteiger charge is 2.27. The molecule has 0 spiro atoms. The maximum atomic E-state index is 12.3. The molecule has 1 aromatic rings. The largest absolute Gasteiger partial charge is 0.344 e. The van der Waals surface area contributed by atoms with Crippen molar-refractivity contribution < 1.29 is 4.79 Å². The molecule has 0 bridgehead atoms. The first kappa shape index (κ1) is 19.9. The normalized spacial score (nSPS) is 14.0. The zero-order valence-corrected chi connectivity index (χ0v) is 14.8. The molecule has 0 saturated heterocycles. The minimum atomic E-state index is -0.388. The third kappa shape index (κ3) is 5.32. The van der Waals surface area contributed by atoms with E-state index in [1.807, 2.05) is 20.0 Å². The molecule has 21 heavy (non-hydrogen) atoms. The van der Waals surface area contributed by atoms with Gasteiger partial charge in [-0.3, -0.25) is 9.48 Å². The van der Waals surface area contributed by atoms with Crippen LogP contribution in [0.25, 0.3) is 0 Å². The van der Waals surface area contributed by atoms with Crippen molar-refractivity contribution in [2.24, 2.45) is 18.7 Å². The third-order valence-corrected chi connectivity index (χ3v) is 3.46. The summed E-state index contributed by atoms with van der Waals surface area (Å²) in [5, 5.41) is 7.32. The number of hydrogen-bond acceptors (Lipinski definition) is 3. The molecule has 0 aliphatic heterocycles. The number of hydrogen-bond donors (Lipinski definition) is 2. The van der Waals surface area contributed by atoms with Gasteiger partial charge < -0.3 is 11.1 Å². The van der Waals surface area contributed by atoms with Gasteiger partial charge in [0, 0.05) is 19.3 Å². The minimum Gasteiger partial charge on any atom is -0.344 e. The molecule has 0 radical (unpaired) electrons. The first-order chi connectivity index (χ1) is 9.18. The van der Waals surface area contributed by atoms with Gasteiger partial charge in [-0.15, -0.1) is 12.4 Å². The minimum absolute atomic E-state index is 0. The van der Waals surface area contributed by atoms with E-state index >= 15 is 0 Å². The van der Waals surface area contributed by atoms with Crippen molar-refractivity contribution in [1.29, 1.82) is 0 Å². The Balaban J connectivity index is 0.00000400. The van der Waals surface area contributed by atoms with Crippen molar-refractivity contribution in [3.63, 3.8) is 0 Å². The molecular weight excluding hydrogens is 288 g/mol. The highest BCUT2D eigenvalue weighted by atomic mass is 35.5. The van der Waals surface area contributed by atoms with Crippen LogP contribution in [0, 0.1) is 5.92 Å². The molecule has 0 aliphatic carbocycles. The molecule has 1 aromatic heterocycles. The standard InChI is InChI=1S/C15H28N4O.ClH/c1-10(2)8-15(5,9-16)17-14(20)12-7-13(11(3)4)19(6)18-12;/h7,10-11H,8-9,16H2,1-6H3,(H,17,20);1H. The molecule has 0 aliphatic rings. The molecule has 0 aromatic carbocycles. The van der Waals surface area contributed by atoms with Crippen molar-refractivity contribution in [3.8, 4) is 0 Å². The second-order valence-corrected chi connectivity index (χ2v) is 6.55. The van der Waals surface area contributed by atoms with E-state index in [0.29, 0.717) is 24.1 Å². The van der Waals surface area contributed by atoms with Crippen molar-refractivity contribution in [3.05, 3.63) is 17.5 Å². The maximum absolute atomic E-state index is 12.3. The van der Waals surface area contributed by atoms with Gasteiger partial charge in [0.05, 0.1) is 5.54 Å². The smallest absolute Gasteiger partial charge is 0.272 e. The van der Waals surface area contributed by atoms with Crippen molar-refractivity contribution >= 4 is 18.3 Å². The van der Waals surface area contributed by atoms with Crippen LogP contribution < -0.4 is 11.1 Å². The number of nitrogens with one attached hydrogen (secondary N) is 1. The quantitative estimate of drug-likeness (QED) is 0.846. The van der Waals surface area contributed by atoms with Crippen molar-refractivity contribution in [2.75, 3.05) is 6.54 Å². The van der Waals surface area contributed by atoms with E-state index in [9.17, 15) is 4.79 Å². The summed E-state index contributed by atoms with van der Waals surface area (Å²) < 4.78 is 1.77. The lowest BCUT2D eigenvalue weighted by Crippen LogP contribution is -2.52. The number of nitrogens with zero attached hydrogens (tertiary/aromatic N) is 2. The summed E-state index contributed by atoms with van der Waals surface area (Å²) in [5.74, 6) is 0.658. The zero-order valence-electron chi connectivity index (χ0n) is 13.9. The Morgan fingerprint density at radius 1 is 1.43 bits per heavy atom. The highest BCUT2D eigenvalue weighted by molar-refractivity contribution is 5.93. The number of halogens is 1. The number of aryl methyl sites for hydroxylation is 1. The predicted molar refractivity (Wildman–Crippen MR) is 88.9 cm³/mol. The lowest BCUT2D eigenvalue weighted by atomic mass is 9.90. The molecule has 1 atom stereocenters. The second-order valence-electron chi connectivity index (χ2n) is 6.55. The number of nitrogens with two attached hydrogens (primary N) is 1. The van der Waals surface area contributed by atoms with Crippen molar-refractivity contribution in [1.82, 2.24) is 15.1 Å². The molecule has 1 unspecified atom stereocenters. The van der Waals surface area contributed by atoms with Crippen molar-refractivity contribution in [2.45, 2.75) is 52.5 Å². The molecule has 5 nitrogen and oxygen atoms in total. The van der Waals surface area contributed by atoms with Gasteiger partial charge in [0.25, 0.3) is 5.91 Å². The van der Waals surface area contributed by atoms with Crippen LogP contribution in [-0.4, -0.2) is 27.8 Å². The Labute approximate surface area is 134 Å². The third-order valence-electron chi connectivity index (χ3n) is 3.46. The number of carbonyl (C=O) groups is 1. The van der Waals surface area contributed by atoms with Gasteiger partial charge >= 0.3 is 0 Å². The fourth-order valence-electron chi connectivity index (χ4n) is 2.56. The van der Waals surface area contributed by atoms with Crippen LogP contribution in [-0.2, 0) is 7.05 Å². The topological polar surface area (TPSA) is 72.9 Å². The zero-order chi connectivity index (χ0) is 15.5. The van der Waals surface area contributed by atoms with Gasteiger partial charge in [-0.1, -0.05) is 27.7 Å². The van der Waals surface area contributed by atoms with E-state index in [2.05, 4.69) is 38.1 Å². The van der Waals surface area contributed by atoms with Crippen LogP contribution in [0.5, 0.6) is 0 Å². The predicted octanol–water partition coefficient (Wildman–Crippen LogP) is 2.46. The van der Waals surface area contributed by atoms with E-state index in [-0.39, 0.29) is 23.9 Å². The summed E-state index contributed by atoms with van der Waals surface area (Å²) >= 11 is 0. The molecule has 122 valence electrons. The van der Waals surface area contributed by atoms with Gasteiger partial charge in [-0.2, -0.15) is 5.10 Å². The molecule has 0 fully saturated rings. The Hall–Kier alpha value is -1.07. The number of aromatic nitrogens is 2. The van der Waals surface area contributed by atoms with E-state index in [1.165, 1.54) is 0 Å². The first-order valence-corrected chi connectivity index (χ1v) is 7.25. The molecule has 1 heterocycles. The number of amides is 1. The summed E-state index contributed by atoms with van der Waals surface area (Å²) in [7, 11) is 1.86. The fraction of sp³-hybridized carbons (Fsp3) is 0.733. The monoisotopic (exact) mass is 316 g/mol. The van der Waals surface area contributed by atoms with Crippen LogP contribution >= 0.6 is 12.4 Å². The van der Waals surface area contributed by atoms with Crippen LogP contribution in [0.2, 0.25) is 0 Å². The molecule has 1 amide bonds. The maximum Gasteiger partial charge on any atom is 0.272 e. The Morgan fingerprint density at radius 2 is 2.00 bits per heavy atom. The van der Waals surface area contributed by atoms with E-state index in [4.69, 9.17) is 5.73 Å². The average Bonchev–Trinajstić information content (AvgIpc) is 2.70. The average molecular weight is 317 g/mol. The van der Waals surface area contributed by atoms with Crippen LogP contribution in [0.1, 0.15) is 63.1 Å².